The van der Waals surface area contributed by atoms with E-state index < -0.39 is 23.7 Å². The van der Waals surface area contributed by atoms with Gasteiger partial charge in [-0.15, -0.1) is 0 Å². The molecule has 0 heterocycles. The number of aliphatic hydroxyl groups excluding tert-OH is 3. The van der Waals surface area contributed by atoms with Gasteiger partial charge in [-0.25, -0.2) is 0 Å². The zero-order chi connectivity index (χ0) is 25.7. The quantitative estimate of drug-likeness (QED) is 0.345. The van der Waals surface area contributed by atoms with Crippen molar-refractivity contribution in [3.05, 3.63) is 23.8 Å². The van der Waals surface area contributed by atoms with Crippen molar-refractivity contribution in [2.75, 3.05) is 6.61 Å². The summed E-state index contributed by atoms with van der Waals surface area (Å²) in [5, 5.41) is 33.3. The van der Waals surface area contributed by atoms with E-state index in [1.807, 2.05) is 0 Å². The van der Waals surface area contributed by atoms with Crippen LogP contribution in [0.1, 0.15) is 86.0 Å². The zero-order valence-corrected chi connectivity index (χ0v) is 22.5. The molecule has 4 aliphatic rings. The van der Waals surface area contributed by atoms with Gasteiger partial charge in [-0.3, -0.25) is 4.79 Å². The van der Waals surface area contributed by atoms with Crippen LogP contribution >= 0.6 is 0 Å². The topological polar surface area (TPSA) is 87.0 Å². The maximum absolute atomic E-state index is 12.0. The maximum atomic E-state index is 12.0. The van der Waals surface area contributed by atoms with Gasteiger partial charge in [0.05, 0.1) is 24.9 Å². The minimum atomic E-state index is -0.654. The highest BCUT2D eigenvalue weighted by molar-refractivity contribution is 5.66. The predicted molar refractivity (Wildman–Crippen MR) is 137 cm³/mol. The molecule has 0 saturated heterocycles. The molecule has 0 aromatic heterocycles. The number of fused-ring (bicyclic) bond motifs is 5. The molecule has 10 atom stereocenters. The normalized spacial score (nSPS) is 43.6. The minimum absolute atomic E-state index is 0.0322. The second kappa shape index (κ2) is 9.95. The van der Waals surface area contributed by atoms with E-state index in [0.717, 1.165) is 37.7 Å². The SMILES string of the molecule is C=C(CCC(C)C1CCC2C3CC=C4C[C@@H](O)C[C@H](O)[C@]4(C)C3[C@H](O)C[C@]12COC(C)=O)C(C)C. The summed E-state index contributed by atoms with van der Waals surface area (Å²) < 4.78 is 5.76. The van der Waals surface area contributed by atoms with Crippen LogP contribution < -0.4 is 0 Å². The standard InChI is InChI=1S/C30H48O5/c1-17(2)18(3)7-8-19(4)24-11-12-25-23-10-9-21-13-22(32)14-27(34)29(21,6)28(23)26(33)15-30(24,25)16-35-20(5)31/h9,17,19,22-28,32-34H,3,7-8,10-16H2,1-2,4-6H3/t19?,22-,23?,24?,25?,26-,27+,28?,29-,30+/m1/s1. The van der Waals surface area contributed by atoms with E-state index >= 15 is 0 Å². The first-order chi connectivity index (χ1) is 16.4. The van der Waals surface area contributed by atoms with E-state index in [1.165, 1.54) is 12.5 Å². The average Bonchev–Trinajstić information content (AvgIpc) is 3.16. The summed E-state index contributed by atoms with van der Waals surface area (Å²) in [7, 11) is 0. The van der Waals surface area contributed by atoms with Crippen LogP contribution in [0.3, 0.4) is 0 Å². The first-order valence-corrected chi connectivity index (χ1v) is 14.0. The molecule has 0 radical (unpaired) electrons. The van der Waals surface area contributed by atoms with E-state index in [2.05, 4.69) is 40.3 Å². The summed E-state index contributed by atoms with van der Waals surface area (Å²) in [4.78, 5) is 12.0. The molecule has 35 heavy (non-hydrogen) atoms. The Balaban J connectivity index is 1.65. The van der Waals surface area contributed by atoms with Gasteiger partial charge in [0.2, 0.25) is 0 Å². The lowest BCUT2D eigenvalue weighted by atomic mass is 9.45. The second-order valence-electron chi connectivity index (χ2n) is 13.0. The van der Waals surface area contributed by atoms with Gasteiger partial charge in [0.25, 0.3) is 0 Å². The van der Waals surface area contributed by atoms with E-state index in [9.17, 15) is 20.1 Å². The number of hydrogen-bond donors (Lipinski definition) is 3. The molecule has 4 rings (SSSR count). The third-order valence-corrected chi connectivity index (χ3v) is 10.9. The first kappa shape index (κ1) is 26.9. The molecule has 3 fully saturated rings. The molecule has 0 aromatic rings. The number of ether oxygens (including phenoxy) is 1. The van der Waals surface area contributed by atoms with Crippen LogP contribution in [0.4, 0.5) is 0 Å². The Kier molecular flexibility index (Phi) is 7.64. The lowest BCUT2D eigenvalue weighted by Gasteiger charge is -2.61. The molecule has 4 aliphatic carbocycles. The third kappa shape index (κ3) is 4.55. The number of allylic oxidation sites excluding steroid dienone is 2. The van der Waals surface area contributed by atoms with Crippen LogP contribution in [0.2, 0.25) is 0 Å². The molecule has 0 bridgehead atoms. The average molecular weight is 489 g/mol. The van der Waals surface area contributed by atoms with Crippen LogP contribution in [-0.4, -0.2) is 46.2 Å². The highest BCUT2D eigenvalue weighted by Crippen LogP contribution is 2.67. The molecule has 5 unspecified atom stereocenters. The van der Waals surface area contributed by atoms with Gasteiger partial charge < -0.3 is 20.1 Å². The number of aliphatic hydroxyl groups is 3. The predicted octanol–water partition coefficient (Wildman–Crippen LogP) is 5.04. The van der Waals surface area contributed by atoms with Crippen LogP contribution in [0.15, 0.2) is 23.8 Å². The summed E-state index contributed by atoms with van der Waals surface area (Å²) in [6, 6.07) is 0. The van der Waals surface area contributed by atoms with Crippen molar-refractivity contribution >= 4 is 5.97 Å². The van der Waals surface area contributed by atoms with Crippen LogP contribution in [0.5, 0.6) is 0 Å². The van der Waals surface area contributed by atoms with Crippen molar-refractivity contribution in [3.8, 4) is 0 Å². The zero-order valence-electron chi connectivity index (χ0n) is 22.5. The van der Waals surface area contributed by atoms with Crippen LogP contribution in [-0.2, 0) is 9.53 Å². The Bertz CT molecular complexity index is 848. The van der Waals surface area contributed by atoms with Gasteiger partial charge >= 0.3 is 5.97 Å². The van der Waals surface area contributed by atoms with Crippen molar-refractivity contribution in [2.45, 2.75) is 104 Å². The minimum Gasteiger partial charge on any atom is -0.465 e. The molecule has 198 valence electrons. The van der Waals surface area contributed by atoms with Gasteiger partial charge in [-0.2, -0.15) is 0 Å². The van der Waals surface area contributed by atoms with Gasteiger partial charge in [-0.1, -0.05) is 51.5 Å². The number of rotatable bonds is 7. The van der Waals surface area contributed by atoms with Crippen molar-refractivity contribution in [1.29, 1.82) is 0 Å². The Morgan fingerprint density at radius 3 is 2.60 bits per heavy atom. The van der Waals surface area contributed by atoms with Crippen LogP contribution in [0, 0.1) is 46.3 Å². The molecule has 0 amide bonds. The summed E-state index contributed by atoms with van der Waals surface area (Å²) in [6.07, 6.45) is 7.21. The highest BCUT2D eigenvalue weighted by Gasteiger charge is 2.65. The van der Waals surface area contributed by atoms with Gasteiger partial charge in [0.15, 0.2) is 0 Å². The summed E-state index contributed by atoms with van der Waals surface area (Å²) in [5.41, 5.74) is 1.67. The summed E-state index contributed by atoms with van der Waals surface area (Å²) >= 11 is 0. The first-order valence-electron chi connectivity index (χ1n) is 14.0. The Hall–Kier alpha value is -1.17. The number of carbonyl (C=O) groups is 1. The smallest absolute Gasteiger partial charge is 0.302 e. The lowest BCUT2D eigenvalue weighted by molar-refractivity contribution is -0.182. The third-order valence-electron chi connectivity index (χ3n) is 10.9. The van der Waals surface area contributed by atoms with Crippen LogP contribution in [0.25, 0.3) is 0 Å². The van der Waals surface area contributed by atoms with Crippen molar-refractivity contribution in [3.63, 3.8) is 0 Å². The molecule has 3 saturated carbocycles. The van der Waals surface area contributed by atoms with Crippen molar-refractivity contribution < 1.29 is 24.9 Å². The summed E-state index contributed by atoms with van der Waals surface area (Å²) in [5.74, 6) is 1.63. The molecule has 3 N–H and O–H groups in total. The summed E-state index contributed by atoms with van der Waals surface area (Å²) in [6.45, 7) is 15.0. The fraction of sp³-hybridized carbons (Fsp3) is 0.833. The molecule has 5 nitrogen and oxygen atoms in total. The van der Waals surface area contributed by atoms with Crippen molar-refractivity contribution in [2.24, 2.45) is 46.3 Å². The lowest BCUT2D eigenvalue weighted by Crippen LogP contribution is -2.61. The Morgan fingerprint density at radius 2 is 1.94 bits per heavy atom. The molecule has 0 aromatic carbocycles. The Labute approximate surface area is 212 Å². The molecular weight excluding hydrogens is 440 g/mol. The van der Waals surface area contributed by atoms with Crippen molar-refractivity contribution in [1.82, 2.24) is 0 Å². The largest absolute Gasteiger partial charge is 0.465 e. The van der Waals surface area contributed by atoms with Gasteiger partial charge in [0.1, 0.15) is 0 Å². The molecule has 0 spiro atoms. The maximum Gasteiger partial charge on any atom is 0.302 e. The number of esters is 1. The van der Waals surface area contributed by atoms with E-state index in [0.29, 0.717) is 49.5 Å². The number of carbonyl (C=O) groups excluding carboxylic acids is 1. The molecule has 5 heteroatoms. The van der Waals surface area contributed by atoms with E-state index in [1.54, 1.807) is 0 Å². The number of hydrogen-bond acceptors (Lipinski definition) is 5. The Morgan fingerprint density at radius 1 is 1.23 bits per heavy atom. The highest BCUT2D eigenvalue weighted by atomic mass is 16.5. The molecular formula is C30H48O5. The molecule has 0 aliphatic heterocycles. The van der Waals surface area contributed by atoms with E-state index in [-0.39, 0.29) is 23.2 Å². The van der Waals surface area contributed by atoms with Gasteiger partial charge in [0, 0.05) is 24.2 Å². The fourth-order valence-corrected chi connectivity index (χ4v) is 8.91. The second-order valence-corrected chi connectivity index (χ2v) is 13.0. The fourth-order valence-electron chi connectivity index (χ4n) is 8.91. The van der Waals surface area contributed by atoms with Gasteiger partial charge in [-0.05, 0) is 80.5 Å². The monoisotopic (exact) mass is 488 g/mol. The van der Waals surface area contributed by atoms with E-state index in [4.69, 9.17) is 4.74 Å².